The van der Waals surface area contributed by atoms with Gasteiger partial charge in [0.1, 0.15) is 11.5 Å². The molecule has 1 aromatic heterocycles. The van der Waals surface area contributed by atoms with Crippen molar-refractivity contribution >= 4 is 34.2 Å². The van der Waals surface area contributed by atoms with E-state index in [0.29, 0.717) is 15.0 Å². The molecule has 0 atom stereocenters. The maximum atomic E-state index is 12.9. The van der Waals surface area contributed by atoms with Crippen molar-refractivity contribution in [2.45, 2.75) is 0 Å². The van der Waals surface area contributed by atoms with Crippen LogP contribution >= 0.6 is 22.6 Å². The molecule has 0 saturated heterocycles. The van der Waals surface area contributed by atoms with Crippen molar-refractivity contribution in [3.63, 3.8) is 0 Å². The van der Waals surface area contributed by atoms with Gasteiger partial charge in [0.2, 0.25) is 0 Å². The second kappa shape index (κ2) is 4.82. The molecule has 17 heavy (non-hydrogen) atoms. The third-order valence-corrected chi connectivity index (χ3v) is 3.01. The van der Waals surface area contributed by atoms with Crippen molar-refractivity contribution in [2.24, 2.45) is 7.05 Å². The number of nitrogens with one attached hydrogen (secondary N) is 1. The Bertz CT molecular complexity index is 568. The van der Waals surface area contributed by atoms with Crippen molar-refractivity contribution in [2.75, 3.05) is 5.32 Å². The van der Waals surface area contributed by atoms with Crippen molar-refractivity contribution in [1.29, 1.82) is 0 Å². The average Bonchev–Trinajstić information content (AvgIpc) is 2.69. The average molecular weight is 345 g/mol. The van der Waals surface area contributed by atoms with Gasteiger partial charge < -0.3 is 9.88 Å². The lowest BCUT2D eigenvalue weighted by Crippen LogP contribution is -2.13. The molecule has 2 rings (SSSR count). The first-order chi connectivity index (χ1) is 8.06. The minimum absolute atomic E-state index is 0.310. The zero-order valence-corrected chi connectivity index (χ0v) is 11.1. The van der Waals surface area contributed by atoms with Crippen molar-refractivity contribution < 1.29 is 9.18 Å². The number of hydrogen-bond donors (Lipinski definition) is 1. The molecule has 1 amide bonds. The van der Waals surface area contributed by atoms with Crippen LogP contribution in [-0.4, -0.2) is 15.5 Å². The Morgan fingerprint density at radius 3 is 2.88 bits per heavy atom. The van der Waals surface area contributed by atoms with Gasteiger partial charge in [0, 0.05) is 16.8 Å². The first-order valence-corrected chi connectivity index (χ1v) is 5.88. The van der Waals surface area contributed by atoms with E-state index in [1.54, 1.807) is 24.1 Å². The number of rotatable bonds is 2. The molecule has 1 heterocycles. The Labute approximate surface area is 111 Å². The lowest BCUT2D eigenvalue weighted by Gasteiger charge is -2.05. The molecule has 0 bridgehead atoms. The summed E-state index contributed by atoms with van der Waals surface area (Å²) in [4.78, 5) is 15.7. The van der Waals surface area contributed by atoms with E-state index in [4.69, 9.17) is 0 Å². The first kappa shape index (κ1) is 12.0. The number of carbonyl (C=O) groups excluding carboxylic acids is 1. The Morgan fingerprint density at radius 1 is 1.53 bits per heavy atom. The fourth-order valence-corrected chi connectivity index (χ4v) is 1.92. The summed E-state index contributed by atoms with van der Waals surface area (Å²) in [6.45, 7) is 0. The van der Waals surface area contributed by atoms with Crippen LogP contribution in [0.4, 0.5) is 10.1 Å². The highest BCUT2D eigenvalue weighted by Crippen LogP contribution is 2.19. The Balaban J connectivity index is 2.18. The minimum Gasteiger partial charge on any atom is -0.340 e. The maximum absolute atomic E-state index is 12.9. The van der Waals surface area contributed by atoms with Gasteiger partial charge in [-0.2, -0.15) is 0 Å². The molecule has 0 unspecified atom stereocenters. The summed E-state index contributed by atoms with van der Waals surface area (Å²) in [6.07, 6.45) is 3.16. The number of amides is 1. The van der Waals surface area contributed by atoms with Gasteiger partial charge in [-0.15, -0.1) is 0 Å². The van der Waals surface area contributed by atoms with E-state index in [1.165, 1.54) is 18.2 Å². The summed E-state index contributed by atoms with van der Waals surface area (Å²) in [5.41, 5.74) is 0.898. The molecule has 6 heteroatoms. The van der Waals surface area contributed by atoms with Gasteiger partial charge in [-0.1, -0.05) is 0 Å². The molecular formula is C11H9FIN3O. The number of halogens is 2. The molecule has 0 aliphatic heterocycles. The van der Waals surface area contributed by atoms with Crippen LogP contribution in [-0.2, 0) is 7.05 Å². The van der Waals surface area contributed by atoms with E-state index in [2.05, 4.69) is 10.3 Å². The molecule has 0 saturated carbocycles. The third-order valence-electron chi connectivity index (χ3n) is 2.12. The molecule has 1 aromatic carbocycles. The van der Waals surface area contributed by atoms with Gasteiger partial charge >= 0.3 is 0 Å². The van der Waals surface area contributed by atoms with E-state index in [9.17, 15) is 9.18 Å². The summed E-state index contributed by atoms with van der Waals surface area (Å²) in [5, 5.41) is 2.68. The lowest BCUT2D eigenvalue weighted by molar-refractivity contribution is 0.102. The number of benzene rings is 1. The zero-order valence-electron chi connectivity index (χ0n) is 8.95. The van der Waals surface area contributed by atoms with Crippen LogP contribution in [0, 0.1) is 9.39 Å². The van der Waals surface area contributed by atoms with Gasteiger partial charge in [-0.3, -0.25) is 4.79 Å². The molecule has 4 nitrogen and oxygen atoms in total. The highest BCUT2D eigenvalue weighted by atomic mass is 127. The van der Waals surface area contributed by atoms with Crippen molar-refractivity contribution in [3.05, 3.63) is 45.8 Å². The number of carbonyl (C=O) groups is 1. The monoisotopic (exact) mass is 345 g/mol. The SMILES string of the molecule is Cn1cnc(C(=O)Nc2ccc(F)cc2I)c1. The molecule has 88 valence electrons. The molecule has 0 spiro atoms. The van der Waals surface area contributed by atoms with E-state index in [0.717, 1.165) is 0 Å². The third kappa shape index (κ3) is 2.82. The van der Waals surface area contributed by atoms with Gasteiger partial charge in [-0.05, 0) is 40.8 Å². The Hall–Kier alpha value is -1.44. The molecule has 1 N–H and O–H groups in total. The largest absolute Gasteiger partial charge is 0.340 e. The molecule has 0 fully saturated rings. The summed E-state index contributed by atoms with van der Waals surface area (Å²) in [6, 6.07) is 4.18. The predicted octanol–water partition coefficient (Wildman–Crippen LogP) is 2.42. The number of hydrogen-bond acceptors (Lipinski definition) is 2. The number of aryl methyl sites for hydroxylation is 1. The van der Waals surface area contributed by atoms with Crippen molar-refractivity contribution in [1.82, 2.24) is 9.55 Å². The maximum Gasteiger partial charge on any atom is 0.275 e. The van der Waals surface area contributed by atoms with E-state index >= 15 is 0 Å². The predicted molar refractivity (Wildman–Crippen MR) is 70.3 cm³/mol. The molecule has 0 aliphatic rings. The summed E-state index contributed by atoms with van der Waals surface area (Å²) in [5.74, 6) is -0.639. The normalized spacial score (nSPS) is 10.3. The fraction of sp³-hybridized carbons (Fsp3) is 0.0909. The number of imidazole rings is 1. The Morgan fingerprint density at radius 2 is 2.29 bits per heavy atom. The van der Waals surface area contributed by atoms with E-state index < -0.39 is 0 Å². The molecule has 0 aliphatic carbocycles. The zero-order chi connectivity index (χ0) is 12.4. The summed E-state index contributed by atoms with van der Waals surface area (Å²) in [7, 11) is 1.78. The second-order valence-electron chi connectivity index (χ2n) is 3.50. The summed E-state index contributed by atoms with van der Waals surface area (Å²) >= 11 is 1.96. The minimum atomic E-state index is -0.328. The quantitative estimate of drug-likeness (QED) is 0.850. The fourth-order valence-electron chi connectivity index (χ4n) is 1.31. The summed E-state index contributed by atoms with van der Waals surface area (Å²) < 4.78 is 15.2. The van der Waals surface area contributed by atoms with Crippen LogP contribution in [0.25, 0.3) is 0 Å². The van der Waals surface area contributed by atoms with Crippen LogP contribution in [0.5, 0.6) is 0 Å². The molecular weight excluding hydrogens is 336 g/mol. The van der Waals surface area contributed by atoms with Gasteiger partial charge in [0.25, 0.3) is 5.91 Å². The van der Waals surface area contributed by atoms with Crippen LogP contribution in [0.15, 0.2) is 30.7 Å². The standard InChI is InChI=1S/C11H9FIN3O/c1-16-5-10(14-6-16)11(17)15-9-3-2-7(12)4-8(9)13/h2-6H,1H3,(H,15,17). The van der Waals surface area contributed by atoms with E-state index in [1.807, 2.05) is 22.6 Å². The van der Waals surface area contributed by atoms with Crippen LogP contribution in [0.3, 0.4) is 0 Å². The molecule has 2 aromatic rings. The number of anilines is 1. The number of nitrogens with zero attached hydrogens (tertiary/aromatic N) is 2. The van der Waals surface area contributed by atoms with Crippen LogP contribution < -0.4 is 5.32 Å². The van der Waals surface area contributed by atoms with Crippen LogP contribution in [0.1, 0.15) is 10.5 Å². The molecule has 0 radical (unpaired) electrons. The topological polar surface area (TPSA) is 46.9 Å². The lowest BCUT2D eigenvalue weighted by atomic mass is 10.3. The Kier molecular flexibility index (Phi) is 3.41. The van der Waals surface area contributed by atoms with Crippen LogP contribution in [0.2, 0.25) is 0 Å². The van der Waals surface area contributed by atoms with Gasteiger partial charge in [0.15, 0.2) is 0 Å². The highest BCUT2D eigenvalue weighted by Gasteiger charge is 2.10. The number of aromatic nitrogens is 2. The first-order valence-electron chi connectivity index (χ1n) is 4.80. The smallest absolute Gasteiger partial charge is 0.275 e. The van der Waals surface area contributed by atoms with E-state index in [-0.39, 0.29) is 11.7 Å². The van der Waals surface area contributed by atoms with Crippen molar-refractivity contribution in [3.8, 4) is 0 Å². The second-order valence-corrected chi connectivity index (χ2v) is 4.66. The highest BCUT2D eigenvalue weighted by molar-refractivity contribution is 14.1. The van der Waals surface area contributed by atoms with Gasteiger partial charge in [-0.25, -0.2) is 9.37 Å². The van der Waals surface area contributed by atoms with Gasteiger partial charge in [0.05, 0.1) is 12.0 Å².